The van der Waals surface area contributed by atoms with Crippen LogP contribution in [0.1, 0.15) is 36.8 Å². The quantitative estimate of drug-likeness (QED) is 0.856. The second kappa shape index (κ2) is 8.21. The van der Waals surface area contributed by atoms with Crippen molar-refractivity contribution in [3.8, 4) is 5.75 Å². The highest BCUT2D eigenvalue weighted by molar-refractivity contribution is 5.85. The van der Waals surface area contributed by atoms with Gasteiger partial charge in [0.25, 0.3) is 0 Å². The summed E-state index contributed by atoms with van der Waals surface area (Å²) in [6, 6.07) is 6.20. The van der Waals surface area contributed by atoms with Crippen molar-refractivity contribution in [2.24, 2.45) is 11.3 Å². The first-order valence-electron chi connectivity index (χ1n) is 8.78. The van der Waals surface area contributed by atoms with Gasteiger partial charge in [0.15, 0.2) is 0 Å². The average Bonchev–Trinajstić information content (AvgIpc) is 3.00. The molecule has 1 aromatic carbocycles. The maximum Gasteiger partial charge on any atom is 0.227 e. The Hall–Kier alpha value is -1.26. The van der Waals surface area contributed by atoms with Crippen LogP contribution in [0.2, 0.25) is 0 Å². The molecule has 1 aromatic rings. The zero-order chi connectivity index (χ0) is 16.3. The van der Waals surface area contributed by atoms with Crippen molar-refractivity contribution in [1.29, 1.82) is 0 Å². The first-order valence-corrected chi connectivity index (χ1v) is 8.78. The topological polar surface area (TPSA) is 50.4 Å². The van der Waals surface area contributed by atoms with Gasteiger partial charge in [-0.25, -0.2) is 0 Å². The Labute approximate surface area is 151 Å². The highest BCUT2D eigenvalue weighted by Crippen LogP contribution is 2.43. The molecule has 1 aliphatic heterocycles. The Morgan fingerprint density at radius 1 is 1.42 bits per heavy atom. The predicted octanol–water partition coefficient (Wildman–Crippen LogP) is 2.86. The lowest BCUT2D eigenvalue weighted by Gasteiger charge is -2.37. The lowest BCUT2D eigenvalue weighted by molar-refractivity contribution is -0.133. The van der Waals surface area contributed by atoms with Gasteiger partial charge in [-0.3, -0.25) is 4.79 Å². The van der Waals surface area contributed by atoms with Gasteiger partial charge in [0, 0.05) is 13.1 Å². The van der Waals surface area contributed by atoms with Crippen LogP contribution in [-0.2, 0) is 11.2 Å². The highest BCUT2D eigenvalue weighted by Gasteiger charge is 2.49. The van der Waals surface area contributed by atoms with E-state index in [9.17, 15) is 4.79 Å². The molecule has 1 aliphatic carbocycles. The molecule has 3 rings (SSSR count). The largest absolute Gasteiger partial charge is 0.496 e. The van der Waals surface area contributed by atoms with Crippen molar-refractivity contribution in [1.82, 2.24) is 10.6 Å². The number of rotatable bonds is 5. The van der Waals surface area contributed by atoms with E-state index >= 15 is 0 Å². The van der Waals surface area contributed by atoms with Crippen LogP contribution in [0.15, 0.2) is 18.2 Å². The van der Waals surface area contributed by atoms with Crippen molar-refractivity contribution in [3.05, 3.63) is 29.3 Å². The molecule has 0 bridgehead atoms. The molecule has 2 atom stereocenters. The van der Waals surface area contributed by atoms with Crippen LogP contribution < -0.4 is 15.4 Å². The first-order chi connectivity index (χ1) is 11.2. The van der Waals surface area contributed by atoms with Gasteiger partial charge >= 0.3 is 0 Å². The van der Waals surface area contributed by atoms with Crippen molar-refractivity contribution >= 4 is 18.3 Å². The molecule has 1 amide bonds. The Bertz CT molecular complexity index is 578. The standard InChI is InChI=1S/C19H28N2O2.ClH/c1-14-6-7-17(23-2)15(11-14)8-10-21-18(22)19-9-4-3-5-16(19)12-20-13-19;/h6-7,11,16,20H,3-5,8-10,12-13H2,1-2H3,(H,21,22);1H/t16-,19+;/m0./s1. The van der Waals surface area contributed by atoms with Crippen LogP contribution in [-0.4, -0.2) is 32.7 Å². The number of carbonyl (C=O) groups excluding carboxylic acids is 1. The van der Waals surface area contributed by atoms with E-state index in [0.29, 0.717) is 12.5 Å². The summed E-state index contributed by atoms with van der Waals surface area (Å²) in [5.74, 6) is 1.67. The van der Waals surface area contributed by atoms with Gasteiger partial charge in [0.1, 0.15) is 5.75 Å². The molecule has 0 unspecified atom stereocenters. The smallest absolute Gasteiger partial charge is 0.227 e. The molecule has 134 valence electrons. The molecule has 2 aliphatic rings. The number of hydrogen-bond acceptors (Lipinski definition) is 3. The van der Waals surface area contributed by atoms with Crippen molar-refractivity contribution in [3.63, 3.8) is 0 Å². The molecule has 0 aromatic heterocycles. The number of halogens is 1. The lowest BCUT2D eigenvalue weighted by atomic mass is 9.67. The molecule has 0 spiro atoms. The van der Waals surface area contributed by atoms with Crippen LogP contribution in [0.25, 0.3) is 0 Å². The Kier molecular flexibility index (Phi) is 6.53. The second-order valence-electron chi connectivity index (χ2n) is 7.05. The monoisotopic (exact) mass is 352 g/mol. The maximum absolute atomic E-state index is 12.8. The normalized spacial score (nSPS) is 25.5. The van der Waals surface area contributed by atoms with Crippen molar-refractivity contribution < 1.29 is 9.53 Å². The zero-order valence-electron chi connectivity index (χ0n) is 14.7. The number of fused-ring (bicyclic) bond motifs is 1. The molecule has 1 saturated heterocycles. The van der Waals surface area contributed by atoms with E-state index < -0.39 is 0 Å². The fourth-order valence-electron chi connectivity index (χ4n) is 4.28. The number of carbonyl (C=O) groups is 1. The third-order valence-corrected chi connectivity index (χ3v) is 5.61. The number of nitrogens with one attached hydrogen (secondary N) is 2. The summed E-state index contributed by atoms with van der Waals surface area (Å²) in [5.41, 5.74) is 2.22. The molecule has 24 heavy (non-hydrogen) atoms. The van der Waals surface area contributed by atoms with Crippen molar-refractivity contribution in [2.45, 2.75) is 39.0 Å². The molecular formula is C19H29ClN2O2. The summed E-state index contributed by atoms with van der Waals surface area (Å²) < 4.78 is 5.42. The van der Waals surface area contributed by atoms with Crippen LogP contribution in [0.5, 0.6) is 5.75 Å². The number of hydrogen-bond donors (Lipinski definition) is 2. The van der Waals surface area contributed by atoms with Crippen LogP contribution in [0.3, 0.4) is 0 Å². The summed E-state index contributed by atoms with van der Waals surface area (Å²) >= 11 is 0. The molecule has 2 fully saturated rings. The average molecular weight is 353 g/mol. The Balaban J connectivity index is 0.00000208. The fourth-order valence-corrected chi connectivity index (χ4v) is 4.28. The first kappa shape index (κ1) is 19.1. The molecule has 2 N–H and O–H groups in total. The maximum atomic E-state index is 12.8. The summed E-state index contributed by atoms with van der Waals surface area (Å²) in [6.45, 7) is 4.60. The summed E-state index contributed by atoms with van der Waals surface area (Å²) in [5, 5.41) is 6.64. The zero-order valence-corrected chi connectivity index (χ0v) is 15.5. The van der Waals surface area contributed by atoms with Crippen LogP contribution >= 0.6 is 12.4 Å². The van der Waals surface area contributed by atoms with E-state index in [1.165, 1.54) is 24.8 Å². The summed E-state index contributed by atoms with van der Waals surface area (Å²) in [4.78, 5) is 12.8. The number of benzene rings is 1. The second-order valence-corrected chi connectivity index (χ2v) is 7.05. The van der Waals surface area contributed by atoms with Gasteiger partial charge in [-0.1, -0.05) is 30.5 Å². The minimum atomic E-state index is -0.158. The summed E-state index contributed by atoms with van der Waals surface area (Å²) in [6.07, 6.45) is 5.47. The van der Waals surface area contributed by atoms with Crippen molar-refractivity contribution in [2.75, 3.05) is 26.7 Å². The third kappa shape index (κ3) is 3.70. The van der Waals surface area contributed by atoms with E-state index in [-0.39, 0.29) is 23.7 Å². The van der Waals surface area contributed by atoms with Gasteiger partial charge in [-0.05, 0) is 50.3 Å². The van der Waals surface area contributed by atoms with Crippen LogP contribution in [0, 0.1) is 18.3 Å². The third-order valence-electron chi connectivity index (χ3n) is 5.61. The predicted molar refractivity (Wildman–Crippen MR) is 99.0 cm³/mol. The number of aryl methyl sites for hydroxylation is 1. The molecule has 1 saturated carbocycles. The molecule has 4 nitrogen and oxygen atoms in total. The highest BCUT2D eigenvalue weighted by atomic mass is 35.5. The lowest BCUT2D eigenvalue weighted by Crippen LogP contribution is -2.48. The van der Waals surface area contributed by atoms with Gasteiger partial charge in [0.05, 0.1) is 12.5 Å². The number of ether oxygens (including phenoxy) is 1. The molecular weight excluding hydrogens is 324 g/mol. The van der Waals surface area contributed by atoms with Gasteiger partial charge < -0.3 is 15.4 Å². The van der Waals surface area contributed by atoms with Gasteiger partial charge in [0.2, 0.25) is 5.91 Å². The SMILES string of the molecule is COc1ccc(C)cc1CCNC(=O)[C@@]12CCCC[C@H]1CNC2.Cl. The van der Waals surface area contributed by atoms with Gasteiger partial charge in [-0.15, -0.1) is 12.4 Å². The minimum absolute atomic E-state index is 0. The van der Waals surface area contributed by atoms with E-state index in [2.05, 4.69) is 29.7 Å². The Morgan fingerprint density at radius 3 is 3.04 bits per heavy atom. The van der Waals surface area contributed by atoms with E-state index in [4.69, 9.17) is 4.74 Å². The Morgan fingerprint density at radius 2 is 2.25 bits per heavy atom. The van der Waals surface area contributed by atoms with E-state index in [1.807, 2.05) is 6.07 Å². The van der Waals surface area contributed by atoms with E-state index in [1.54, 1.807) is 7.11 Å². The minimum Gasteiger partial charge on any atom is -0.496 e. The van der Waals surface area contributed by atoms with E-state index in [0.717, 1.165) is 37.2 Å². The number of methoxy groups -OCH3 is 1. The molecule has 0 radical (unpaired) electrons. The fraction of sp³-hybridized carbons (Fsp3) is 0.632. The van der Waals surface area contributed by atoms with Crippen LogP contribution in [0.4, 0.5) is 0 Å². The van der Waals surface area contributed by atoms with Gasteiger partial charge in [-0.2, -0.15) is 0 Å². The molecule has 5 heteroatoms. The summed E-state index contributed by atoms with van der Waals surface area (Å²) in [7, 11) is 1.70. The number of amides is 1. The molecule has 1 heterocycles.